The lowest BCUT2D eigenvalue weighted by Gasteiger charge is -2.14. The smallest absolute Gasteiger partial charge is 0.319 e. The minimum Gasteiger partial charge on any atom is -0.326 e. The number of rotatable bonds is 4. The fraction of sp³-hybridized carbons (Fsp3) is 0.857. The molecule has 0 aromatic rings. The molecular weight excluding hydrogens is 170 g/mol. The lowest BCUT2D eigenvalue weighted by atomic mass is 10.4. The van der Waals surface area contributed by atoms with E-state index in [0.29, 0.717) is 13.1 Å². The molecule has 0 aromatic carbocycles. The van der Waals surface area contributed by atoms with Crippen LogP contribution < -0.4 is 0 Å². The van der Waals surface area contributed by atoms with Gasteiger partial charge in [0, 0.05) is 38.1 Å². The van der Waals surface area contributed by atoms with Crippen LogP contribution in [0, 0.1) is 0 Å². The van der Waals surface area contributed by atoms with Gasteiger partial charge in [-0.15, -0.1) is 0 Å². The molecule has 6 nitrogen and oxygen atoms in total. The molecule has 0 unspecified atom stereocenters. The zero-order chi connectivity index (χ0) is 9.68. The monoisotopic (exact) mass is 183 g/mol. The molecule has 0 radical (unpaired) electrons. The molecule has 72 valence electrons. The first-order chi connectivity index (χ1) is 6.25. The molecule has 13 heavy (non-hydrogen) atoms. The maximum absolute atomic E-state index is 11.3. The van der Waals surface area contributed by atoms with Crippen molar-refractivity contribution in [2.75, 3.05) is 33.2 Å². The van der Waals surface area contributed by atoms with Crippen LogP contribution in [0.25, 0.3) is 10.4 Å². The van der Waals surface area contributed by atoms with Crippen LogP contribution in [0.2, 0.25) is 0 Å². The molecule has 0 atom stereocenters. The van der Waals surface area contributed by atoms with Gasteiger partial charge in [0.2, 0.25) is 0 Å². The number of carbonyl (C=O) groups excluding carboxylic acids is 1. The van der Waals surface area contributed by atoms with Gasteiger partial charge in [0.1, 0.15) is 0 Å². The number of likely N-dealkylation sites (N-methyl/N-ethyl adjacent to an activating group) is 1. The van der Waals surface area contributed by atoms with E-state index in [2.05, 4.69) is 10.0 Å². The Balaban J connectivity index is 2.22. The summed E-state index contributed by atoms with van der Waals surface area (Å²) >= 11 is 0. The second-order valence-corrected chi connectivity index (χ2v) is 3.00. The van der Waals surface area contributed by atoms with Crippen molar-refractivity contribution in [1.29, 1.82) is 0 Å². The second-order valence-electron chi connectivity index (χ2n) is 3.00. The SMILES string of the molecule is CN1CCN(CCCN=[N+]=[N-])C1=O. The van der Waals surface area contributed by atoms with Gasteiger partial charge in [-0.2, -0.15) is 0 Å². The van der Waals surface area contributed by atoms with Crippen molar-refractivity contribution in [1.82, 2.24) is 9.80 Å². The van der Waals surface area contributed by atoms with Crippen molar-refractivity contribution >= 4 is 6.03 Å². The summed E-state index contributed by atoms with van der Waals surface area (Å²) in [5.74, 6) is 0. The Labute approximate surface area is 76.7 Å². The normalized spacial score (nSPS) is 16.2. The number of amides is 2. The Kier molecular flexibility index (Phi) is 3.40. The first-order valence-electron chi connectivity index (χ1n) is 4.26. The van der Waals surface area contributed by atoms with E-state index >= 15 is 0 Å². The molecule has 0 aliphatic carbocycles. The topological polar surface area (TPSA) is 72.3 Å². The average Bonchev–Trinajstić information content (AvgIpc) is 2.43. The predicted molar refractivity (Wildman–Crippen MR) is 48.2 cm³/mol. The van der Waals surface area contributed by atoms with Crippen LogP contribution in [0.3, 0.4) is 0 Å². The van der Waals surface area contributed by atoms with Crippen LogP contribution in [-0.4, -0.2) is 49.1 Å². The number of hydrogen-bond acceptors (Lipinski definition) is 2. The molecule has 1 heterocycles. The van der Waals surface area contributed by atoms with Gasteiger partial charge in [0.15, 0.2) is 0 Å². The minimum absolute atomic E-state index is 0.0703. The van der Waals surface area contributed by atoms with E-state index in [0.717, 1.165) is 19.5 Å². The first kappa shape index (κ1) is 9.67. The highest BCUT2D eigenvalue weighted by atomic mass is 16.2. The summed E-state index contributed by atoms with van der Waals surface area (Å²) in [5.41, 5.74) is 8.02. The van der Waals surface area contributed by atoms with Gasteiger partial charge in [0.05, 0.1) is 0 Å². The second kappa shape index (κ2) is 4.57. The molecule has 6 heteroatoms. The van der Waals surface area contributed by atoms with Crippen LogP contribution >= 0.6 is 0 Å². The number of urea groups is 1. The third-order valence-electron chi connectivity index (χ3n) is 2.05. The van der Waals surface area contributed by atoms with Gasteiger partial charge in [-0.05, 0) is 12.0 Å². The summed E-state index contributed by atoms with van der Waals surface area (Å²) in [5, 5.41) is 3.41. The maximum atomic E-state index is 11.3. The molecule has 2 amide bonds. The molecule has 1 aliphatic rings. The summed E-state index contributed by atoms with van der Waals surface area (Å²) < 4.78 is 0. The van der Waals surface area contributed by atoms with Gasteiger partial charge >= 0.3 is 6.03 Å². The van der Waals surface area contributed by atoms with Crippen molar-refractivity contribution in [3.63, 3.8) is 0 Å². The number of nitrogens with zero attached hydrogens (tertiary/aromatic N) is 5. The summed E-state index contributed by atoms with van der Waals surface area (Å²) in [6.07, 6.45) is 0.740. The lowest BCUT2D eigenvalue weighted by molar-refractivity contribution is 0.198. The number of azide groups is 1. The lowest BCUT2D eigenvalue weighted by Crippen LogP contribution is -2.30. The Morgan fingerprint density at radius 1 is 1.62 bits per heavy atom. The fourth-order valence-corrected chi connectivity index (χ4v) is 1.29. The minimum atomic E-state index is 0.0703. The molecule has 1 rings (SSSR count). The van der Waals surface area contributed by atoms with Gasteiger partial charge in [-0.25, -0.2) is 4.79 Å². The van der Waals surface area contributed by atoms with Crippen LogP contribution in [0.15, 0.2) is 5.11 Å². The molecule has 1 aliphatic heterocycles. The quantitative estimate of drug-likeness (QED) is 0.278. The average molecular weight is 183 g/mol. The molecule has 0 bridgehead atoms. The summed E-state index contributed by atoms with van der Waals surface area (Å²) in [7, 11) is 1.79. The standard InChI is InChI=1S/C7H13N5O/c1-11-5-6-12(7(11)13)4-2-3-9-10-8/h2-6H2,1H3. The van der Waals surface area contributed by atoms with Crippen LogP contribution in [-0.2, 0) is 0 Å². The van der Waals surface area contributed by atoms with Crippen molar-refractivity contribution in [3.05, 3.63) is 10.4 Å². The highest BCUT2D eigenvalue weighted by molar-refractivity contribution is 5.76. The highest BCUT2D eigenvalue weighted by Gasteiger charge is 2.23. The van der Waals surface area contributed by atoms with E-state index < -0.39 is 0 Å². The fourth-order valence-electron chi connectivity index (χ4n) is 1.29. The maximum Gasteiger partial charge on any atom is 0.319 e. The molecule has 1 fully saturated rings. The van der Waals surface area contributed by atoms with Crippen molar-refractivity contribution in [2.24, 2.45) is 5.11 Å². The van der Waals surface area contributed by atoms with E-state index in [1.165, 1.54) is 0 Å². The zero-order valence-corrected chi connectivity index (χ0v) is 7.68. The van der Waals surface area contributed by atoms with Crippen molar-refractivity contribution in [3.8, 4) is 0 Å². The largest absolute Gasteiger partial charge is 0.326 e. The summed E-state index contributed by atoms with van der Waals surface area (Å²) in [6.45, 7) is 2.72. The predicted octanol–water partition coefficient (Wildman–Crippen LogP) is 1.05. The van der Waals surface area contributed by atoms with Crippen molar-refractivity contribution < 1.29 is 4.79 Å². The molecule has 0 saturated carbocycles. The first-order valence-corrected chi connectivity index (χ1v) is 4.26. The van der Waals surface area contributed by atoms with Gasteiger partial charge in [-0.1, -0.05) is 5.11 Å². The molecule has 0 spiro atoms. The third kappa shape index (κ3) is 2.52. The summed E-state index contributed by atoms with van der Waals surface area (Å²) in [6, 6.07) is 0.0703. The van der Waals surface area contributed by atoms with Gasteiger partial charge in [-0.3, -0.25) is 0 Å². The van der Waals surface area contributed by atoms with Gasteiger partial charge in [0.25, 0.3) is 0 Å². The van der Waals surface area contributed by atoms with Crippen LogP contribution in [0.1, 0.15) is 6.42 Å². The van der Waals surface area contributed by atoms with E-state index in [1.54, 1.807) is 16.8 Å². The van der Waals surface area contributed by atoms with E-state index in [1.807, 2.05) is 0 Å². The number of carbonyl (C=O) groups is 1. The Hall–Kier alpha value is -1.42. The molecule has 0 aromatic heterocycles. The van der Waals surface area contributed by atoms with E-state index in [4.69, 9.17) is 5.53 Å². The Morgan fingerprint density at radius 2 is 2.38 bits per heavy atom. The molecule has 0 N–H and O–H groups in total. The van der Waals surface area contributed by atoms with Crippen LogP contribution in [0.5, 0.6) is 0 Å². The van der Waals surface area contributed by atoms with E-state index in [9.17, 15) is 4.79 Å². The molecule has 1 saturated heterocycles. The van der Waals surface area contributed by atoms with E-state index in [-0.39, 0.29) is 6.03 Å². The highest BCUT2D eigenvalue weighted by Crippen LogP contribution is 2.05. The molecular formula is C7H13N5O. The summed E-state index contributed by atoms with van der Waals surface area (Å²) in [4.78, 5) is 17.4. The Bertz CT molecular complexity index is 235. The Morgan fingerprint density at radius 3 is 2.92 bits per heavy atom. The van der Waals surface area contributed by atoms with Gasteiger partial charge < -0.3 is 9.80 Å². The zero-order valence-electron chi connectivity index (χ0n) is 7.68. The van der Waals surface area contributed by atoms with Crippen LogP contribution in [0.4, 0.5) is 4.79 Å². The number of hydrogen-bond donors (Lipinski definition) is 0. The van der Waals surface area contributed by atoms with Crippen molar-refractivity contribution in [2.45, 2.75) is 6.42 Å². The third-order valence-corrected chi connectivity index (χ3v) is 2.05.